The fraction of sp³-hybridized carbons (Fsp3) is 0.333. The molecule has 1 atom stereocenters. The molecule has 3 heteroatoms. The van der Waals surface area contributed by atoms with Gasteiger partial charge in [-0.05, 0) is 47.4 Å². The zero-order valence-corrected chi connectivity index (χ0v) is 12.4. The monoisotopic (exact) mass is 285 g/mol. The molecule has 1 aliphatic heterocycles. The Hall–Kier alpha value is -1.71. The largest absolute Gasteiger partial charge is 0.372 e. The summed E-state index contributed by atoms with van der Waals surface area (Å²) in [5.41, 5.74) is 5.50. The Kier molecular flexibility index (Phi) is 4.04. The lowest BCUT2D eigenvalue weighted by atomic mass is 9.94. The third kappa shape index (κ3) is 2.85. The minimum absolute atomic E-state index is 0.0835. The van der Waals surface area contributed by atoms with E-state index in [2.05, 4.69) is 30.4 Å². The number of hydrogen-bond donors (Lipinski definition) is 1. The van der Waals surface area contributed by atoms with E-state index in [1.807, 2.05) is 12.1 Å². The lowest BCUT2D eigenvalue weighted by Crippen LogP contribution is -2.22. The van der Waals surface area contributed by atoms with Gasteiger partial charge in [0.1, 0.15) is 5.82 Å². The van der Waals surface area contributed by atoms with Crippen molar-refractivity contribution >= 4 is 0 Å². The van der Waals surface area contributed by atoms with Crippen LogP contribution in [0.2, 0.25) is 0 Å². The zero-order valence-electron chi connectivity index (χ0n) is 12.4. The van der Waals surface area contributed by atoms with Gasteiger partial charge in [0.25, 0.3) is 0 Å². The Balaban J connectivity index is 1.99. The molecule has 0 radical (unpaired) electrons. The van der Waals surface area contributed by atoms with Crippen molar-refractivity contribution in [3.8, 4) is 0 Å². The first-order chi connectivity index (χ1) is 10.2. The molecule has 0 aromatic heterocycles. The summed E-state index contributed by atoms with van der Waals surface area (Å²) >= 11 is 0. The van der Waals surface area contributed by atoms with Crippen LogP contribution in [0.1, 0.15) is 40.8 Å². The summed E-state index contributed by atoms with van der Waals surface area (Å²) in [4.78, 5) is 0. The second-order valence-corrected chi connectivity index (χ2v) is 5.52. The van der Waals surface area contributed by atoms with Crippen LogP contribution >= 0.6 is 0 Å². The van der Waals surface area contributed by atoms with Gasteiger partial charge in [0, 0.05) is 0 Å². The predicted octanol–water partition coefficient (Wildman–Crippen LogP) is 3.86. The van der Waals surface area contributed by atoms with E-state index >= 15 is 0 Å². The van der Waals surface area contributed by atoms with Crippen LogP contribution in [0.4, 0.5) is 4.39 Å². The summed E-state index contributed by atoms with van der Waals surface area (Å²) in [6.07, 6.45) is 0. The van der Waals surface area contributed by atoms with E-state index in [0.29, 0.717) is 18.8 Å². The molecular weight excluding hydrogens is 265 g/mol. The van der Waals surface area contributed by atoms with E-state index in [9.17, 15) is 4.39 Å². The van der Waals surface area contributed by atoms with Crippen molar-refractivity contribution in [2.45, 2.75) is 33.1 Å². The van der Waals surface area contributed by atoms with Crippen LogP contribution in [0.5, 0.6) is 0 Å². The molecule has 2 aromatic carbocycles. The number of ether oxygens (including phenoxy) is 1. The summed E-state index contributed by atoms with van der Waals surface area (Å²) in [7, 11) is 0. The van der Waals surface area contributed by atoms with E-state index in [1.165, 1.54) is 16.7 Å². The predicted molar refractivity (Wildman–Crippen MR) is 81.6 cm³/mol. The van der Waals surface area contributed by atoms with Crippen LogP contribution < -0.4 is 5.32 Å². The summed E-state index contributed by atoms with van der Waals surface area (Å²) in [5, 5.41) is 3.49. The number of rotatable bonds is 4. The minimum atomic E-state index is -0.156. The number of halogens is 1. The van der Waals surface area contributed by atoms with E-state index in [0.717, 1.165) is 12.1 Å². The maximum atomic E-state index is 13.5. The molecule has 0 saturated heterocycles. The first-order valence-electron chi connectivity index (χ1n) is 7.38. The fourth-order valence-electron chi connectivity index (χ4n) is 2.85. The van der Waals surface area contributed by atoms with Gasteiger partial charge in [-0.2, -0.15) is 0 Å². The van der Waals surface area contributed by atoms with Gasteiger partial charge in [0.05, 0.1) is 19.3 Å². The number of benzene rings is 2. The van der Waals surface area contributed by atoms with Gasteiger partial charge in [-0.25, -0.2) is 4.39 Å². The molecule has 2 nitrogen and oxygen atoms in total. The number of aryl methyl sites for hydroxylation is 1. The summed E-state index contributed by atoms with van der Waals surface area (Å²) in [6, 6.07) is 11.9. The summed E-state index contributed by atoms with van der Waals surface area (Å²) in [6.45, 7) is 6.13. The van der Waals surface area contributed by atoms with Crippen LogP contribution in [0, 0.1) is 12.7 Å². The molecule has 0 aliphatic carbocycles. The highest BCUT2D eigenvalue weighted by Crippen LogP contribution is 2.28. The molecular formula is C18H20FNO. The van der Waals surface area contributed by atoms with Gasteiger partial charge in [-0.15, -0.1) is 0 Å². The van der Waals surface area contributed by atoms with Gasteiger partial charge in [-0.3, -0.25) is 0 Å². The first-order valence-corrected chi connectivity index (χ1v) is 7.38. The van der Waals surface area contributed by atoms with E-state index in [4.69, 9.17) is 4.74 Å². The summed E-state index contributed by atoms with van der Waals surface area (Å²) in [5.74, 6) is -0.156. The standard InChI is InChI=1S/C18H20FNO/c1-3-20-18(13-6-7-17(19)12(2)8-13)14-4-5-15-10-21-11-16(15)9-14/h4-9,18,20H,3,10-11H2,1-2H3. The average Bonchev–Trinajstić information content (AvgIpc) is 2.95. The summed E-state index contributed by atoms with van der Waals surface area (Å²) < 4.78 is 19.0. The van der Waals surface area contributed by atoms with Crippen LogP contribution in [-0.2, 0) is 18.0 Å². The van der Waals surface area contributed by atoms with Crippen LogP contribution in [0.15, 0.2) is 36.4 Å². The van der Waals surface area contributed by atoms with Crippen molar-refractivity contribution in [2.75, 3.05) is 6.54 Å². The van der Waals surface area contributed by atoms with Crippen molar-refractivity contribution in [2.24, 2.45) is 0 Å². The Labute approximate surface area is 125 Å². The Morgan fingerprint density at radius 2 is 1.81 bits per heavy atom. The molecule has 0 amide bonds. The number of hydrogen-bond acceptors (Lipinski definition) is 2. The molecule has 0 bridgehead atoms. The van der Waals surface area contributed by atoms with Crippen molar-refractivity contribution in [3.05, 3.63) is 70.0 Å². The SMILES string of the molecule is CCNC(c1ccc(F)c(C)c1)c1ccc2c(c1)COC2. The second-order valence-electron chi connectivity index (χ2n) is 5.52. The van der Waals surface area contributed by atoms with Crippen molar-refractivity contribution in [3.63, 3.8) is 0 Å². The molecule has 1 N–H and O–H groups in total. The minimum Gasteiger partial charge on any atom is -0.372 e. The molecule has 2 aromatic rings. The molecule has 1 heterocycles. The molecule has 0 spiro atoms. The zero-order chi connectivity index (χ0) is 14.8. The van der Waals surface area contributed by atoms with Crippen molar-refractivity contribution < 1.29 is 9.13 Å². The lowest BCUT2D eigenvalue weighted by Gasteiger charge is -2.20. The Morgan fingerprint density at radius 1 is 1.10 bits per heavy atom. The van der Waals surface area contributed by atoms with Crippen molar-refractivity contribution in [1.29, 1.82) is 0 Å². The van der Waals surface area contributed by atoms with E-state index in [-0.39, 0.29) is 11.9 Å². The van der Waals surface area contributed by atoms with Crippen LogP contribution in [-0.4, -0.2) is 6.54 Å². The number of nitrogens with one attached hydrogen (secondary N) is 1. The Morgan fingerprint density at radius 3 is 2.57 bits per heavy atom. The third-order valence-corrected chi connectivity index (χ3v) is 4.00. The maximum Gasteiger partial charge on any atom is 0.126 e. The van der Waals surface area contributed by atoms with Crippen LogP contribution in [0.25, 0.3) is 0 Å². The molecule has 21 heavy (non-hydrogen) atoms. The van der Waals surface area contributed by atoms with Gasteiger partial charge >= 0.3 is 0 Å². The lowest BCUT2D eigenvalue weighted by molar-refractivity contribution is 0.134. The van der Waals surface area contributed by atoms with Gasteiger partial charge in [0.2, 0.25) is 0 Å². The number of fused-ring (bicyclic) bond motifs is 1. The van der Waals surface area contributed by atoms with Gasteiger partial charge in [-0.1, -0.05) is 37.3 Å². The highest BCUT2D eigenvalue weighted by Gasteiger charge is 2.18. The van der Waals surface area contributed by atoms with E-state index in [1.54, 1.807) is 13.0 Å². The molecule has 1 aliphatic rings. The maximum absolute atomic E-state index is 13.5. The topological polar surface area (TPSA) is 21.3 Å². The normalized spacial score (nSPS) is 15.0. The fourth-order valence-corrected chi connectivity index (χ4v) is 2.85. The quantitative estimate of drug-likeness (QED) is 0.921. The van der Waals surface area contributed by atoms with Crippen molar-refractivity contribution in [1.82, 2.24) is 5.32 Å². The molecule has 0 saturated carbocycles. The highest BCUT2D eigenvalue weighted by molar-refractivity contribution is 5.40. The van der Waals surface area contributed by atoms with Crippen LogP contribution in [0.3, 0.4) is 0 Å². The third-order valence-electron chi connectivity index (χ3n) is 4.00. The Bertz CT molecular complexity index is 654. The molecule has 1 unspecified atom stereocenters. The first kappa shape index (κ1) is 14.2. The smallest absolute Gasteiger partial charge is 0.126 e. The van der Waals surface area contributed by atoms with Gasteiger partial charge in [0.15, 0.2) is 0 Å². The van der Waals surface area contributed by atoms with E-state index < -0.39 is 0 Å². The highest BCUT2D eigenvalue weighted by atomic mass is 19.1. The molecule has 0 fully saturated rings. The second kappa shape index (κ2) is 5.96. The molecule has 3 rings (SSSR count). The van der Waals surface area contributed by atoms with Gasteiger partial charge < -0.3 is 10.1 Å². The molecule has 110 valence electrons. The average molecular weight is 285 g/mol.